The maximum atomic E-state index is 12.3. The molecular formula is C18H13N5O3S. The molecule has 8 nitrogen and oxygen atoms in total. The van der Waals surface area contributed by atoms with Gasteiger partial charge in [0.25, 0.3) is 5.56 Å². The molecule has 0 unspecified atom stereocenters. The van der Waals surface area contributed by atoms with Crippen molar-refractivity contribution in [2.24, 2.45) is 0 Å². The molecule has 0 atom stereocenters. The molecule has 0 radical (unpaired) electrons. The summed E-state index contributed by atoms with van der Waals surface area (Å²) < 4.78 is 6.83. The second-order valence-corrected chi connectivity index (χ2v) is 6.43. The Morgan fingerprint density at radius 2 is 2.00 bits per heavy atom. The minimum absolute atomic E-state index is 0.116. The van der Waals surface area contributed by atoms with Crippen LogP contribution in [-0.2, 0) is 11.3 Å². The van der Waals surface area contributed by atoms with Crippen LogP contribution < -0.4 is 15.6 Å². The lowest BCUT2D eigenvalue weighted by Gasteiger charge is -2.08. The highest BCUT2D eigenvalue weighted by Gasteiger charge is 2.09. The maximum absolute atomic E-state index is 12.3. The van der Waals surface area contributed by atoms with Gasteiger partial charge < -0.3 is 10.1 Å². The number of hydrogen-bond donors (Lipinski definition) is 1. The summed E-state index contributed by atoms with van der Waals surface area (Å²) in [5.74, 6) is 0.623. The number of amides is 1. The molecule has 3 aromatic heterocycles. The van der Waals surface area contributed by atoms with Crippen LogP contribution >= 0.6 is 11.3 Å². The van der Waals surface area contributed by atoms with E-state index in [-0.39, 0.29) is 18.0 Å². The molecule has 0 spiro atoms. The molecule has 0 aliphatic heterocycles. The van der Waals surface area contributed by atoms with Gasteiger partial charge in [-0.15, -0.1) is 11.3 Å². The Balaban J connectivity index is 1.41. The molecule has 1 amide bonds. The summed E-state index contributed by atoms with van der Waals surface area (Å²) in [5, 5.41) is 5.06. The first kappa shape index (κ1) is 16.9. The second kappa shape index (κ2) is 7.34. The van der Waals surface area contributed by atoms with Crippen molar-refractivity contribution in [1.82, 2.24) is 19.5 Å². The molecule has 4 rings (SSSR count). The predicted octanol–water partition coefficient (Wildman–Crippen LogP) is 2.68. The number of ether oxygens (including phenoxy) is 1. The summed E-state index contributed by atoms with van der Waals surface area (Å²) in [5.41, 5.74) is 0.355. The minimum atomic E-state index is -0.323. The minimum Gasteiger partial charge on any atom is -0.438 e. The van der Waals surface area contributed by atoms with Gasteiger partial charge in [-0.05, 0) is 35.7 Å². The number of hydrogen-bond acceptors (Lipinski definition) is 7. The number of aromatic nitrogens is 4. The molecule has 0 aliphatic rings. The monoisotopic (exact) mass is 379 g/mol. The van der Waals surface area contributed by atoms with Crippen LogP contribution in [0.25, 0.3) is 10.2 Å². The quantitative estimate of drug-likeness (QED) is 0.572. The Labute approximate surface area is 157 Å². The van der Waals surface area contributed by atoms with Crippen LogP contribution in [0.15, 0.2) is 65.4 Å². The Hall–Kier alpha value is -3.59. The van der Waals surface area contributed by atoms with E-state index in [1.54, 1.807) is 41.9 Å². The molecule has 1 N–H and O–H groups in total. The zero-order valence-corrected chi connectivity index (χ0v) is 14.7. The van der Waals surface area contributed by atoms with Crippen molar-refractivity contribution >= 4 is 33.1 Å². The number of fused-ring (bicyclic) bond motifs is 1. The van der Waals surface area contributed by atoms with Crippen molar-refractivity contribution in [1.29, 1.82) is 0 Å². The SMILES string of the molecule is O=C(Cn1cnc2sccc2c1=O)Nc1ccc(Oc2cnccn2)cc1. The Morgan fingerprint density at radius 1 is 1.15 bits per heavy atom. The number of carbonyl (C=O) groups excluding carboxylic acids is 1. The highest BCUT2D eigenvalue weighted by Crippen LogP contribution is 2.20. The maximum Gasteiger partial charge on any atom is 0.262 e. The standard InChI is InChI=1S/C18H13N5O3S/c24-15(10-23-11-21-17-14(18(23)25)5-8-27-17)22-12-1-3-13(4-2-12)26-16-9-19-6-7-20-16/h1-9,11H,10H2,(H,22,24). The van der Waals surface area contributed by atoms with Gasteiger partial charge in [0.15, 0.2) is 0 Å². The van der Waals surface area contributed by atoms with Gasteiger partial charge >= 0.3 is 0 Å². The van der Waals surface area contributed by atoms with E-state index < -0.39 is 0 Å². The van der Waals surface area contributed by atoms with E-state index in [1.807, 2.05) is 0 Å². The topological polar surface area (TPSA) is 99.0 Å². The van der Waals surface area contributed by atoms with Crippen molar-refractivity contribution in [3.63, 3.8) is 0 Å². The van der Waals surface area contributed by atoms with Crippen LogP contribution in [0.2, 0.25) is 0 Å². The van der Waals surface area contributed by atoms with Crippen molar-refractivity contribution in [2.45, 2.75) is 6.54 Å². The van der Waals surface area contributed by atoms with Crippen molar-refractivity contribution in [2.75, 3.05) is 5.32 Å². The van der Waals surface area contributed by atoms with E-state index in [1.165, 1.54) is 34.6 Å². The number of nitrogens with zero attached hydrogens (tertiary/aromatic N) is 4. The van der Waals surface area contributed by atoms with Gasteiger partial charge in [0.1, 0.15) is 17.1 Å². The van der Waals surface area contributed by atoms with Gasteiger partial charge in [-0.2, -0.15) is 0 Å². The number of rotatable bonds is 5. The molecule has 4 aromatic rings. The largest absolute Gasteiger partial charge is 0.438 e. The summed E-state index contributed by atoms with van der Waals surface area (Å²) in [6, 6.07) is 8.52. The first-order valence-corrected chi connectivity index (χ1v) is 8.83. The van der Waals surface area contributed by atoms with Crippen LogP contribution in [0, 0.1) is 0 Å². The van der Waals surface area contributed by atoms with Crippen LogP contribution in [0.5, 0.6) is 11.6 Å². The summed E-state index contributed by atoms with van der Waals surface area (Å²) in [6.45, 7) is -0.116. The third-order valence-corrected chi connectivity index (χ3v) is 4.49. The summed E-state index contributed by atoms with van der Waals surface area (Å²) in [6.07, 6.45) is 5.99. The Kier molecular flexibility index (Phi) is 4.58. The van der Waals surface area contributed by atoms with Gasteiger partial charge in [0, 0.05) is 18.1 Å². The third kappa shape index (κ3) is 3.82. The van der Waals surface area contributed by atoms with Crippen molar-refractivity contribution in [3.8, 4) is 11.6 Å². The molecule has 3 heterocycles. The smallest absolute Gasteiger partial charge is 0.262 e. The fourth-order valence-corrected chi connectivity index (χ4v) is 3.15. The molecule has 0 fully saturated rings. The number of thiophene rings is 1. The lowest BCUT2D eigenvalue weighted by molar-refractivity contribution is -0.116. The number of carbonyl (C=O) groups is 1. The molecule has 1 aromatic carbocycles. The third-order valence-electron chi connectivity index (χ3n) is 3.66. The second-order valence-electron chi connectivity index (χ2n) is 5.54. The molecule has 0 bridgehead atoms. The van der Waals surface area contributed by atoms with Gasteiger partial charge in [0.05, 0.1) is 17.9 Å². The molecule has 134 valence electrons. The molecule has 27 heavy (non-hydrogen) atoms. The highest BCUT2D eigenvalue weighted by molar-refractivity contribution is 7.16. The van der Waals surface area contributed by atoms with Crippen molar-refractivity contribution in [3.05, 3.63) is 71.0 Å². The molecule has 0 aliphatic carbocycles. The van der Waals surface area contributed by atoms with Crippen molar-refractivity contribution < 1.29 is 9.53 Å². The lowest BCUT2D eigenvalue weighted by atomic mass is 10.3. The van der Waals surface area contributed by atoms with Gasteiger partial charge in [-0.3, -0.25) is 19.1 Å². The molecule has 9 heteroatoms. The Bertz CT molecular complexity index is 1140. The number of nitrogens with one attached hydrogen (secondary N) is 1. The lowest BCUT2D eigenvalue weighted by Crippen LogP contribution is -2.27. The fraction of sp³-hybridized carbons (Fsp3) is 0.0556. The molecule has 0 saturated heterocycles. The summed E-state index contributed by atoms with van der Waals surface area (Å²) >= 11 is 1.39. The molecular weight excluding hydrogens is 366 g/mol. The Morgan fingerprint density at radius 3 is 2.78 bits per heavy atom. The zero-order chi connectivity index (χ0) is 18.6. The van der Waals surface area contributed by atoms with Crippen LogP contribution in [-0.4, -0.2) is 25.4 Å². The first-order valence-electron chi connectivity index (χ1n) is 7.95. The molecule has 0 saturated carbocycles. The van der Waals surface area contributed by atoms with E-state index in [0.717, 1.165) is 0 Å². The summed E-state index contributed by atoms with van der Waals surface area (Å²) in [4.78, 5) is 37.4. The van der Waals surface area contributed by atoms with Gasteiger partial charge in [-0.25, -0.2) is 9.97 Å². The van der Waals surface area contributed by atoms with E-state index in [0.29, 0.717) is 27.5 Å². The van der Waals surface area contributed by atoms with E-state index >= 15 is 0 Å². The predicted molar refractivity (Wildman–Crippen MR) is 101 cm³/mol. The average molecular weight is 379 g/mol. The number of benzene rings is 1. The van der Waals surface area contributed by atoms with E-state index in [4.69, 9.17) is 4.74 Å². The normalized spacial score (nSPS) is 10.7. The zero-order valence-electron chi connectivity index (χ0n) is 13.9. The summed E-state index contributed by atoms with van der Waals surface area (Å²) in [7, 11) is 0. The first-order chi connectivity index (χ1) is 13.2. The van der Waals surface area contributed by atoms with Crippen LogP contribution in [0.3, 0.4) is 0 Å². The highest BCUT2D eigenvalue weighted by atomic mass is 32.1. The van der Waals surface area contributed by atoms with E-state index in [9.17, 15) is 9.59 Å². The number of anilines is 1. The van der Waals surface area contributed by atoms with Crippen LogP contribution in [0.1, 0.15) is 0 Å². The van der Waals surface area contributed by atoms with Crippen LogP contribution in [0.4, 0.5) is 5.69 Å². The average Bonchev–Trinajstić information content (AvgIpc) is 3.16. The van der Waals surface area contributed by atoms with Gasteiger partial charge in [0.2, 0.25) is 11.8 Å². The fourth-order valence-electron chi connectivity index (χ4n) is 2.43. The van der Waals surface area contributed by atoms with E-state index in [2.05, 4.69) is 20.3 Å². The van der Waals surface area contributed by atoms with Gasteiger partial charge in [-0.1, -0.05) is 0 Å².